The van der Waals surface area contributed by atoms with Crippen molar-refractivity contribution in [1.29, 1.82) is 0 Å². The highest BCUT2D eigenvalue weighted by Crippen LogP contribution is 2.21. The van der Waals surface area contributed by atoms with E-state index in [2.05, 4.69) is 15.6 Å². The van der Waals surface area contributed by atoms with Gasteiger partial charge in [-0.3, -0.25) is 9.59 Å². The number of rotatable bonds is 6. The number of amides is 2. The summed E-state index contributed by atoms with van der Waals surface area (Å²) in [5.74, 6) is -0.684. The molecule has 2 amide bonds. The lowest BCUT2D eigenvalue weighted by atomic mass is 10.0. The molecule has 0 saturated heterocycles. The first kappa shape index (κ1) is 21.7. The Balaban J connectivity index is 1.63. The third kappa shape index (κ3) is 4.84. The molecule has 5 nitrogen and oxygen atoms in total. The van der Waals surface area contributed by atoms with E-state index >= 15 is 0 Å². The highest BCUT2D eigenvalue weighted by Gasteiger charge is 2.24. The van der Waals surface area contributed by atoms with Crippen LogP contribution in [0.15, 0.2) is 72.9 Å². The van der Waals surface area contributed by atoms with Crippen LogP contribution in [0.4, 0.5) is 5.69 Å². The fourth-order valence-electron chi connectivity index (χ4n) is 3.89. The van der Waals surface area contributed by atoms with E-state index in [0.717, 1.165) is 27.6 Å². The second kappa shape index (κ2) is 9.28. The third-order valence-corrected chi connectivity index (χ3v) is 5.66. The molecule has 3 N–H and O–H groups in total. The highest BCUT2D eigenvalue weighted by molar-refractivity contribution is 6.33. The Morgan fingerprint density at radius 3 is 2.41 bits per heavy atom. The van der Waals surface area contributed by atoms with Gasteiger partial charge in [-0.15, -0.1) is 0 Å². The second-order valence-electron chi connectivity index (χ2n) is 7.94. The van der Waals surface area contributed by atoms with Crippen molar-refractivity contribution in [3.8, 4) is 0 Å². The molecule has 0 aliphatic heterocycles. The van der Waals surface area contributed by atoms with Crippen LogP contribution in [0.1, 0.15) is 27.0 Å². The summed E-state index contributed by atoms with van der Waals surface area (Å²) in [5.41, 5.74) is 5.05. The monoisotopic (exact) mass is 445 g/mol. The number of hydrogen-bond donors (Lipinski definition) is 3. The maximum absolute atomic E-state index is 13.3. The highest BCUT2D eigenvalue weighted by atomic mass is 35.5. The number of carbonyl (C=O) groups excluding carboxylic acids is 2. The van der Waals surface area contributed by atoms with Gasteiger partial charge in [-0.25, -0.2) is 0 Å². The second-order valence-corrected chi connectivity index (χ2v) is 8.34. The molecule has 4 aromatic rings. The number of nitrogens with one attached hydrogen (secondary N) is 3. The first-order valence-corrected chi connectivity index (χ1v) is 10.8. The number of fused-ring (bicyclic) bond motifs is 1. The summed E-state index contributed by atoms with van der Waals surface area (Å²) in [5, 5.41) is 7.19. The number of H-pyrrole nitrogens is 1. The van der Waals surface area contributed by atoms with Crippen molar-refractivity contribution in [2.24, 2.45) is 0 Å². The minimum atomic E-state index is -0.793. The van der Waals surface area contributed by atoms with Gasteiger partial charge in [0.05, 0.1) is 10.6 Å². The van der Waals surface area contributed by atoms with Crippen LogP contribution in [0.25, 0.3) is 10.9 Å². The molecule has 0 aliphatic carbocycles. The van der Waals surface area contributed by atoms with Crippen molar-refractivity contribution < 1.29 is 9.59 Å². The topological polar surface area (TPSA) is 74.0 Å². The summed E-state index contributed by atoms with van der Waals surface area (Å²) < 4.78 is 0. The van der Waals surface area contributed by atoms with Gasteiger partial charge in [0.25, 0.3) is 5.91 Å². The molecule has 162 valence electrons. The third-order valence-electron chi connectivity index (χ3n) is 5.33. The van der Waals surface area contributed by atoms with Crippen LogP contribution in [-0.2, 0) is 11.2 Å². The van der Waals surface area contributed by atoms with E-state index in [1.54, 1.807) is 24.3 Å². The lowest BCUT2D eigenvalue weighted by Gasteiger charge is -2.19. The molecule has 0 radical (unpaired) electrons. The SMILES string of the molecule is Cc1cc(C)cc(NC(=O)C(Cc2c[nH]c3ccccc23)NC(=O)c2ccccc2Cl)c1. The Bertz CT molecular complexity index is 1270. The van der Waals surface area contributed by atoms with Crippen LogP contribution >= 0.6 is 11.6 Å². The molecule has 3 aromatic carbocycles. The first-order valence-electron chi connectivity index (χ1n) is 10.4. The van der Waals surface area contributed by atoms with Crippen LogP contribution in [0, 0.1) is 13.8 Å². The lowest BCUT2D eigenvalue weighted by Crippen LogP contribution is -2.45. The van der Waals surface area contributed by atoms with Crippen LogP contribution < -0.4 is 10.6 Å². The number of halogens is 1. The van der Waals surface area contributed by atoms with E-state index < -0.39 is 11.9 Å². The molecule has 32 heavy (non-hydrogen) atoms. The van der Waals surface area contributed by atoms with E-state index in [1.165, 1.54) is 0 Å². The molecule has 0 saturated carbocycles. The van der Waals surface area contributed by atoms with Crippen LogP contribution in [0.2, 0.25) is 5.02 Å². The Morgan fingerprint density at radius 1 is 0.969 bits per heavy atom. The molecule has 1 heterocycles. The molecule has 0 bridgehead atoms. The molecule has 0 spiro atoms. The van der Waals surface area contributed by atoms with Crippen molar-refractivity contribution in [3.05, 3.63) is 100 Å². The number of para-hydroxylation sites is 1. The number of anilines is 1. The summed E-state index contributed by atoms with van der Waals surface area (Å²) >= 11 is 6.20. The number of carbonyl (C=O) groups is 2. The summed E-state index contributed by atoms with van der Waals surface area (Å²) in [6, 6.07) is 19.7. The van der Waals surface area contributed by atoms with Gasteiger partial charge in [0.15, 0.2) is 0 Å². The molecule has 0 fully saturated rings. The van der Waals surface area contributed by atoms with Crippen molar-refractivity contribution in [1.82, 2.24) is 10.3 Å². The van der Waals surface area contributed by atoms with Gasteiger partial charge in [-0.05, 0) is 60.9 Å². The van der Waals surface area contributed by atoms with Gasteiger partial charge < -0.3 is 15.6 Å². The van der Waals surface area contributed by atoms with Gasteiger partial charge in [0.2, 0.25) is 5.91 Å². The normalized spacial score (nSPS) is 11.8. The molecule has 1 atom stereocenters. The van der Waals surface area contributed by atoms with E-state index in [-0.39, 0.29) is 5.91 Å². The molecule has 1 aromatic heterocycles. The van der Waals surface area contributed by atoms with Crippen LogP contribution in [-0.4, -0.2) is 22.8 Å². The molecule has 1 unspecified atom stereocenters. The van der Waals surface area contributed by atoms with E-state index in [1.807, 2.05) is 62.5 Å². The molecule has 4 rings (SSSR count). The maximum Gasteiger partial charge on any atom is 0.253 e. The van der Waals surface area contributed by atoms with E-state index in [0.29, 0.717) is 22.7 Å². The fraction of sp³-hybridized carbons (Fsp3) is 0.154. The molecule has 6 heteroatoms. The predicted molar refractivity (Wildman–Crippen MR) is 129 cm³/mol. The molecular weight excluding hydrogens is 422 g/mol. The first-order chi connectivity index (χ1) is 15.4. The van der Waals surface area contributed by atoms with E-state index in [4.69, 9.17) is 11.6 Å². The quantitative estimate of drug-likeness (QED) is 0.371. The fourth-order valence-corrected chi connectivity index (χ4v) is 4.11. The standard InChI is InChI=1S/C26H24ClN3O2/c1-16-11-17(2)13-19(12-16)29-26(32)24(30-25(31)21-8-3-5-9-22(21)27)14-18-15-28-23-10-6-4-7-20(18)23/h3-13,15,24,28H,14H2,1-2H3,(H,29,32)(H,30,31). The van der Waals surface area contributed by atoms with Gasteiger partial charge in [-0.2, -0.15) is 0 Å². The number of aryl methyl sites for hydroxylation is 2. The summed E-state index contributed by atoms with van der Waals surface area (Å²) in [7, 11) is 0. The van der Waals surface area contributed by atoms with Gasteiger partial charge in [0, 0.05) is 29.2 Å². The zero-order valence-electron chi connectivity index (χ0n) is 17.9. The van der Waals surface area contributed by atoms with Gasteiger partial charge in [-0.1, -0.05) is 48.0 Å². The smallest absolute Gasteiger partial charge is 0.253 e. The van der Waals surface area contributed by atoms with Crippen LogP contribution in [0.5, 0.6) is 0 Å². The number of hydrogen-bond acceptors (Lipinski definition) is 2. The van der Waals surface area contributed by atoms with E-state index in [9.17, 15) is 9.59 Å². The summed E-state index contributed by atoms with van der Waals surface area (Å²) in [6.45, 7) is 3.95. The average Bonchev–Trinajstić information content (AvgIpc) is 3.15. The van der Waals surface area contributed by atoms with Crippen molar-refractivity contribution in [2.75, 3.05) is 5.32 Å². The van der Waals surface area contributed by atoms with Crippen LogP contribution in [0.3, 0.4) is 0 Å². The predicted octanol–water partition coefficient (Wildman–Crippen LogP) is 5.42. The maximum atomic E-state index is 13.3. The zero-order chi connectivity index (χ0) is 22.7. The zero-order valence-corrected chi connectivity index (χ0v) is 18.7. The number of aromatic amines is 1. The number of aromatic nitrogens is 1. The Morgan fingerprint density at radius 2 is 1.66 bits per heavy atom. The van der Waals surface area contributed by atoms with Crippen molar-refractivity contribution in [2.45, 2.75) is 26.3 Å². The Hall–Kier alpha value is -3.57. The Kier molecular flexibility index (Phi) is 6.28. The Labute approximate surface area is 191 Å². The summed E-state index contributed by atoms with van der Waals surface area (Å²) in [6.07, 6.45) is 2.21. The number of benzene rings is 3. The van der Waals surface area contributed by atoms with Gasteiger partial charge in [0.1, 0.15) is 6.04 Å². The van der Waals surface area contributed by atoms with Crippen molar-refractivity contribution in [3.63, 3.8) is 0 Å². The molecular formula is C26H24ClN3O2. The minimum absolute atomic E-state index is 0.291. The van der Waals surface area contributed by atoms with Crippen molar-refractivity contribution >= 4 is 40.0 Å². The summed E-state index contributed by atoms with van der Waals surface area (Å²) in [4.78, 5) is 29.5. The average molecular weight is 446 g/mol. The largest absolute Gasteiger partial charge is 0.361 e. The minimum Gasteiger partial charge on any atom is -0.361 e. The van der Waals surface area contributed by atoms with Gasteiger partial charge >= 0.3 is 0 Å². The lowest BCUT2D eigenvalue weighted by molar-refractivity contribution is -0.118. The molecule has 0 aliphatic rings.